The minimum Gasteiger partial charge on any atom is -0.504 e. The standard InChI is InChI=1S/C12H7BrO4/c13-8-11(16)9(14)7(10(15)12(8)17)6-4-2-1-3-5-6/h1-5,14,17H. The molecule has 2 rings (SSSR count). The molecule has 0 fully saturated rings. The molecule has 0 saturated heterocycles. The van der Waals surface area contributed by atoms with Gasteiger partial charge >= 0.3 is 0 Å². The quantitative estimate of drug-likeness (QED) is 0.779. The van der Waals surface area contributed by atoms with Crippen molar-refractivity contribution in [2.45, 2.75) is 0 Å². The van der Waals surface area contributed by atoms with Gasteiger partial charge in [-0.05, 0) is 21.5 Å². The van der Waals surface area contributed by atoms with Crippen LogP contribution in [-0.2, 0) is 9.59 Å². The van der Waals surface area contributed by atoms with E-state index in [1.807, 2.05) is 0 Å². The SMILES string of the molecule is O=C1C(O)=C(c2ccccc2)C(=O)C(O)=C1Br. The summed E-state index contributed by atoms with van der Waals surface area (Å²) < 4.78 is -0.320. The van der Waals surface area contributed by atoms with E-state index < -0.39 is 23.1 Å². The number of ketones is 2. The Bertz CT molecular complexity index is 569. The first-order valence-electron chi connectivity index (χ1n) is 4.71. The Hall–Kier alpha value is -1.88. The second kappa shape index (κ2) is 4.18. The molecule has 0 atom stereocenters. The van der Waals surface area contributed by atoms with Crippen LogP contribution in [0, 0.1) is 0 Å². The van der Waals surface area contributed by atoms with Crippen LogP contribution in [0.1, 0.15) is 5.56 Å². The minimum atomic E-state index is -0.805. The summed E-state index contributed by atoms with van der Waals surface area (Å²) in [6, 6.07) is 8.21. The number of rotatable bonds is 1. The van der Waals surface area contributed by atoms with Crippen LogP contribution in [0.3, 0.4) is 0 Å². The Labute approximate surface area is 105 Å². The molecule has 0 unspecified atom stereocenters. The summed E-state index contributed by atoms with van der Waals surface area (Å²) >= 11 is 2.76. The Morgan fingerprint density at radius 3 is 2.06 bits per heavy atom. The van der Waals surface area contributed by atoms with E-state index in [4.69, 9.17) is 0 Å². The van der Waals surface area contributed by atoms with Gasteiger partial charge in [0.25, 0.3) is 0 Å². The van der Waals surface area contributed by atoms with Crippen molar-refractivity contribution >= 4 is 33.1 Å². The molecule has 0 aromatic heterocycles. The summed E-state index contributed by atoms with van der Waals surface area (Å²) in [7, 11) is 0. The predicted molar refractivity (Wildman–Crippen MR) is 64.6 cm³/mol. The minimum absolute atomic E-state index is 0.184. The maximum atomic E-state index is 11.8. The van der Waals surface area contributed by atoms with Gasteiger partial charge < -0.3 is 10.2 Å². The molecule has 86 valence electrons. The lowest BCUT2D eigenvalue weighted by Gasteiger charge is -2.14. The van der Waals surface area contributed by atoms with Gasteiger partial charge in [0.15, 0.2) is 11.5 Å². The molecule has 0 amide bonds. The molecule has 0 bridgehead atoms. The van der Waals surface area contributed by atoms with E-state index >= 15 is 0 Å². The average molecular weight is 295 g/mol. The van der Waals surface area contributed by atoms with Crippen LogP contribution in [-0.4, -0.2) is 21.8 Å². The number of carbonyl (C=O) groups excluding carboxylic acids is 2. The monoisotopic (exact) mass is 294 g/mol. The molecule has 0 spiro atoms. The van der Waals surface area contributed by atoms with E-state index in [2.05, 4.69) is 15.9 Å². The fourth-order valence-electron chi connectivity index (χ4n) is 1.52. The zero-order valence-corrected chi connectivity index (χ0v) is 10.1. The van der Waals surface area contributed by atoms with Gasteiger partial charge in [0.1, 0.15) is 4.48 Å². The first kappa shape index (κ1) is 11.6. The summed E-state index contributed by atoms with van der Waals surface area (Å²) in [5.41, 5.74) is 0.200. The summed E-state index contributed by atoms with van der Waals surface area (Å²) in [5.74, 6) is -2.93. The largest absolute Gasteiger partial charge is 0.504 e. The topological polar surface area (TPSA) is 74.6 Å². The normalized spacial score (nSPS) is 16.8. The van der Waals surface area contributed by atoms with E-state index in [-0.39, 0.29) is 10.1 Å². The van der Waals surface area contributed by atoms with Crippen molar-refractivity contribution in [2.75, 3.05) is 0 Å². The van der Waals surface area contributed by atoms with Gasteiger partial charge in [-0.3, -0.25) is 9.59 Å². The molecule has 17 heavy (non-hydrogen) atoms. The van der Waals surface area contributed by atoms with Gasteiger partial charge in [0.2, 0.25) is 11.6 Å². The number of allylic oxidation sites excluding steroid dienone is 2. The van der Waals surface area contributed by atoms with Crippen molar-refractivity contribution in [1.29, 1.82) is 0 Å². The van der Waals surface area contributed by atoms with Gasteiger partial charge in [0, 0.05) is 0 Å². The van der Waals surface area contributed by atoms with Gasteiger partial charge in [-0.25, -0.2) is 0 Å². The second-order valence-electron chi connectivity index (χ2n) is 3.41. The number of hydrogen-bond acceptors (Lipinski definition) is 4. The molecule has 4 nitrogen and oxygen atoms in total. The third-order valence-electron chi connectivity index (χ3n) is 2.36. The van der Waals surface area contributed by atoms with E-state index in [9.17, 15) is 19.8 Å². The number of hydrogen-bond donors (Lipinski definition) is 2. The summed E-state index contributed by atoms with van der Waals surface area (Å²) in [5, 5.41) is 19.2. The van der Waals surface area contributed by atoms with Crippen LogP contribution in [0.5, 0.6) is 0 Å². The van der Waals surface area contributed by atoms with Crippen molar-refractivity contribution < 1.29 is 19.8 Å². The van der Waals surface area contributed by atoms with Crippen molar-refractivity contribution in [3.8, 4) is 0 Å². The van der Waals surface area contributed by atoms with Crippen LogP contribution < -0.4 is 0 Å². The fourth-order valence-corrected chi connectivity index (χ4v) is 1.89. The Morgan fingerprint density at radius 2 is 1.47 bits per heavy atom. The molecule has 1 aromatic carbocycles. The number of aliphatic hydroxyl groups excluding tert-OH is 2. The number of carbonyl (C=O) groups is 2. The zero-order chi connectivity index (χ0) is 12.6. The van der Waals surface area contributed by atoms with Crippen LogP contribution in [0.2, 0.25) is 0 Å². The van der Waals surface area contributed by atoms with Gasteiger partial charge in [-0.1, -0.05) is 30.3 Å². The highest BCUT2D eigenvalue weighted by Crippen LogP contribution is 2.31. The molecular formula is C12H7BrO4. The third-order valence-corrected chi connectivity index (χ3v) is 3.10. The molecule has 2 N–H and O–H groups in total. The Balaban J connectivity index is 2.63. The highest BCUT2D eigenvalue weighted by Gasteiger charge is 2.34. The average Bonchev–Trinajstić information content (AvgIpc) is 2.36. The van der Waals surface area contributed by atoms with Crippen molar-refractivity contribution in [2.24, 2.45) is 0 Å². The molecule has 0 saturated carbocycles. The lowest BCUT2D eigenvalue weighted by Crippen LogP contribution is -2.21. The lowest BCUT2D eigenvalue weighted by atomic mass is 9.93. The zero-order valence-electron chi connectivity index (χ0n) is 8.48. The molecule has 1 aromatic rings. The van der Waals surface area contributed by atoms with Crippen molar-refractivity contribution in [1.82, 2.24) is 0 Å². The molecule has 1 aliphatic rings. The van der Waals surface area contributed by atoms with E-state index in [1.54, 1.807) is 30.3 Å². The van der Waals surface area contributed by atoms with Crippen LogP contribution in [0.25, 0.3) is 5.57 Å². The number of Topliss-reactive ketones (excluding diaryl/α,β-unsaturated/α-hetero) is 2. The molecule has 1 aliphatic carbocycles. The highest BCUT2D eigenvalue weighted by atomic mass is 79.9. The summed E-state index contributed by atoms with van der Waals surface area (Å²) in [4.78, 5) is 23.3. The van der Waals surface area contributed by atoms with Gasteiger partial charge in [-0.15, -0.1) is 0 Å². The van der Waals surface area contributed by atoms with Crippen LogP contribution in [0.15, 0.2) is 46.3 Å². The third kappa shape index (κ3) is 1.78. The number of aliphatic hydroxyl groups is 2. The first-order valence-corrected chi connectivity index (χ1v) is 5.50. The smallest absolute Gasteiger partial charge is 0.238 e. The van der Waals surface area contributed by atoms with E-state index in [0.717, 1.165) is 0 Å². The van der Waals surface area contributed by atoms with Crippen LogP contribution in [0.4, 0.5) is 0 Å². The number of benzene rings is 1. The van der Waals surface area contributed by atoms with E-state index in [0.29, 0.717) is 5.56 Å². The highest BCUT2D eigenvalue weighted by molar-refractivity contribution is 9.12. The first-order chi connectivity index (χ1) is 8.04. The second-order valence-corrected chi connectivity index (χ2v) is 4.20. The Kier molecular flexibility index (Phi) is 2.85. The molecule has 5 heteroatoms. The van der Waals surface area contributed by atoms with E-state index in [1.165, 1.54) is 0 Å². The van der Waals surface area contributed by atoms with Crippen molar-refractivity contribution in [3.05, 3.63) is 51.9 Å². The maximum absolute atomic E-state index is 11.8. The van der Waals surface area contributed by atoms with Gasteiger partial charge in [-0.2, -0.15) is 0 Å². The Morgan fingerprint density at radius 1 is 0.882 bits per heavy atom. The fraction of sp³-hybridized carbons (Fsp3) is 0. The molecular weight excluding hydrogens is 288 g/mol. The molecule has 0 radical (unpaired) electrons. The summed E-state index contributed by atoms with van der Waals surface area (Å²) in [6.07, 6.45) is 0. The maximum Gasteiger partial charge on any atom is 0.238 e. The van der Waals surface area contributed by atoms with Gasteiger partial charge in [0.05, 0.1) is 5.57 Å². The summed E-state index contributed by atoms with van der Waals surface area (Å²) in [6.45, 7) is 0. The van der Waals surface area contributed by atoms with Crippen molar-refractivity contribution in [3.63, 3.8) is 0 Å². The molecule has 0 aliphatic heterocycles. The van der Waals surface area contributed by atoms with Crippen LogP contribution >= 0.6 is 15.9 Å². The lowest BCUT2D eigenvalue weighted by molar-refractivity contribution is -0.117. The number of halogens is 1. The molecule has 0 heterocycles. The predicted octanol–water partition coefficient (Wildman–Crippen LogP) is 2.27.